The van der Waals surface area contributed by atoms with Crippen LogP contribution in [0.5, 0.6) is 0 Å². The molecule has 84 valence electrons. The van der Waals surface area contributed by atoms with Gasteiger partial charge in [-0.15, -0.1) is 0 Å². The van der Waals surface area contributed by atoms with E-state index in [0.29, 0.717) is 19.5 Å². The van der Waals surface area contributed by atoms with Crippen LogP contribution < -0.4 is 5.32 Å². The third-order valence-corrected chi connectivity index (χ3v) is 2.71. The predicted molar refractivity (Wildman–Crippen MR) is 58.1 cm³/mol. The van der Waals surface area contributed by atoms with Gasteiger partial charge in [0.05, 0.1) is 6.07 Å². The molecule has 1 amide bonds. The highest BCUT2D eigenvalue weighted by Crippen LogP contribution is 2.08. The molecule has 1 aliphatic heterocycles. The second-order valence-corrected chi connectivity index (χ2v) is 3.89. The molecule has 0 aromatic rings. The smallest absolute Gasteiger partial charge is 0.223 e. The average molecular weight is 209 g/mol. The summed E-state index contributed by atoms with van der Waals surface area (Å²) in [6.45, 7) is 4.20. The number of unbranched alkanes of at least 4 members (excludes halogenated alkanes) is 2. The minimum Gasteiger partial charge on any atom is -0.324 e. The molecule has 0 aromatic carbocycles. The van der Waals surface area contributed by atoms with E-state index in [0.717, 1.165) is 25.8 Å². The molecule has 4 heteroatoms. The van der Waals surface area contributed by atoms with Crippen LogP contribution in [0.2, 0.25) is 0 Å². The van der Waals surface area contributed by atoms with Crippen molar-refractivity contribution in [1.29, 1.82) is 5.26 Å². The maximum absolute atomic E-state index is 11.8. The Labute approximate surface area is 91.2 Å². The van der Waals surface area contributed by atoms with Crippen LogP contribution in [0.3, 0.4) is 0 Å². The summed E-state index contributed by atoms with van der Waals surface area (Å²) in [5.41, 5.74) is 0. The van der Waals surface area contributed by atoms with Crippen molar-refractivity contribution >= 4 is 5.91 Å². The molecule has 1 heterocycles. The van der Waals surface area contributed by atoms with E-state index in [1.807, 2.05) is 0 Å². The van der Waals surface area contributed by atoms with Crippen LogP contribution in [0, 0.1) is 11.3 Å². The van der Waals surface area contributed by atoms with Gasteiger partial charge in [0.2, 0.25) is 5.91 Å². The Morgan fingerprint density at radius 2 is 2.40 bits per heavy atom. The second kappa shape index (κ2) is 6.41. The van der Waals surface area contributed by atoms with E-state index in [9.17, 15) is 4.79 Å². The molecule has 4 nitrogen and oxygen atoms in total. The number of amides is 1. The Kier molecular flexibility index (Phi) is 5.13. The largest absolute Gasteiger partial charge is 0.324 e. The maximum atomic E-state index is 11.8. The Balaban J connectivity index is 2.39. The van der Waals surface area contributed by atoms with Crippen molar-refractivity contribution in [3.8, 4) is 6.07 Å². The van der Waals surface area contributed by atoms with Crippen molar-refractivity contribution in [3.05, 3.63) is 0 Å². The van der Waals surface area contributed by atoms with Crippen LogP contribution in [0.15, 0.2) is 0 Å². The molecule has 1 N–H and O–H groups in total. The van der Waals surface area contributed by atoms with Gasteiger partial charge in [-0.25, -0.2) is 0 Å². The minimum absolute atomic E-state index is 0.136. The number of hydrogen-bond donors (Lipinski definition) is 1. The Bertz CT molecular complexity index is 247. The van der Waals surface area contributed by atoms with E-state index in [-0.39, 0.29) is 11.9 Å². The fourth-order valence-corrected chi connectivity index (χ4v) is 1.79. The zero-order chi connectivity index (χ0) is 11.1. The van der Waals surface area contributed by atoms with Crippen LogP contribution in [0.4, 0.5) is 0 Å². The van der Waals surface area contributed by atoms with Crippen LogP contribution in [0.25, 0.3) is 0 Å². The van der Waals surface area contributed by atoms with Crippen molar-refractivity contribution in [2.24, 2.45) is 0 Å². The van der Waals surface area contributed by atoms with Gasteiger partial charge in [0.15, 0.2) is 0 Å². The number of carbonyl (C=O) groups is 1. The van der Waals surface area contributed by atoms with Gasteiger partial charge in [-0.2, -0.15) is 5.26 Å². The zero-order valence-corrected chi connectivity index (χ0v) is 9.33. The van der Waals surface area contributed by atoms with Crippen LogP contribution in [-0.4, -0.2) is 36.5 Å². The van der Waals surface area contributed by atoms with Gasteiger partial charge in [-0.1, -0.05) is 19.8 Å². The molecule has 1 rings (SSSR count). The van der Waals surface area contributed by atoms with Gasteiger partial charge in [-0.05, 0) is 6.42 Å². The number of nitriles is 1. The standard InChI is InChI=1S/C11H19N3O/c1-2-3-4-5-11(15)14-7-6-13-9-10(14)8-12/h10,13H,2-7,9H2,1H3. The number of nitrogens with zero attached hydrogens (tertiary/aromatic N) is 2. The lowest BCUT2D eigenvalue weighted by Crippen LogP contribution is -2.52. The van der Waals surface area contributed by atoms with E-state index in [1.165, 1.54) is 0 Å². The molecular formula is C11H19N3O. The molecule has 1 unspecified atom stereocenters. The molecule has 0 bridgehead atoms. The zero-order valence-electron chi connectivity index (χ0n) is 9.33. The van der Waals surface area contributed by atoms with Gasteiger partial charge in [-0.3, -0.25) is 4.79 Å². The van der Waals surface area contributed by atoms with Crippen molar-refractivity contribution < 1.29 is 4.79 Å². The van der Waals surface area contributed by atoms with E-state index in [4.69, 9.17) is 5.26 Å². The molecule has 0 radical (unpaired) electrons. The normalized spacial score (nSPS) is 21.1. The van der Waals surface area contributed by atoms with Gasteiger partial charge in [0.1, 0.15) is 6.04 Å². The monoisotopic (exact) mass is 209 g/mol. The molecule has 15 heavy (non-hydrogen) atoms. The number of hydrogen-bond acceptors (Lipinski definition) is 3. The van der Waals surface area contributed by atoms with Gasteiger partial charge >= 0.3 is 0 Å². The van der Waals surface area contributed by atoms with Crippen LogP contribution >= 0.6 is 0 Å². The van der Waals surface area contributed by atoms with Gasteiger partial charge in [0.25, 0.3) is 0 Å². The molecule has 1 saturated heterocycles. The lowest BCUT2D eigenvalue weighted by molar-refractivity contribution is -0.133. The molecule has 0 saturated carbocycles. The molecule has 1 aliphatic rings. The topological polar surface area (TPSA) is 56.1 Å². The summed E-state index contributed by atoms with van der Waals surface area (Å²) in [6, 6.07) is 1.90. The Morgan fingerprint density at radius 3 is 3.07 bits per heavy atom. The quantitative estimate of drug-likeness (QED) is 0.700. The summed E-state index contributed by atoms with van der Waals surface area (Å²) in [6.07, 6.45) is 3.75. The highest BCUT2D eigenvalue weighted by molar-refractivity contribution is 5.77. The summed E-state index contributed by atoms with van der Waals surface area (Å²) in [4.78, 5) is 13.5. The molecule has 0 aromatic heterocycles. The van der Waals surface area contributed by atoms with E-state index in [2.05, 4.69) is 18.3 Å². The van der Waals surface area contributed by atoms with Gasteiger partial charge in [0, 0.05) is 26.1 Å². The highest BCUT2D eigenvalue weighted by atomic mass is 16.2. The molecular weight excluding hydrogens is 190 g/mol. The van der Waals surface area contributed by atoms with E-state index < -0.39 is 0 Å². The second-order valence-electron chi connectivity index (χ2n) is 3.89. The first-order valence-electron chi connectivity index (χ1n) is 5.69. The third kappa shape index (κ3) is 3.52. The fraction of sp³-hybridized carbons (Fsp3) is 0.818. The average Bonchev–Trinajstić information content (AvgIpc) is 2.29. The number of rotatable bonds is 4. The first kappa shape index (κ1) is 12.0. The number of nitrogens with one attached hydrogen (secondary N) is 1. The Morgan fingerprint density at radius 1 is 1.60 bits per heavy atom. The molecule has 0 spiro atoms. The first-order valence-corrected chi connectivity index (χ1v) is 5.69. The summed E-state index contributed by atoms with van der Waals surface area (Å²) in [5.74, 6) is 0.136. The fourth-order valence-electron chi connectivity index (χ4n) is 1.79. The predicted octanol–water partition coefficient (Wildman–Crippen LogP) is 0.891. The summed E-state index contributed by atoms with van der Waals surface area (Å²) >= 11 is 0. The highest BCUT2D eigenvalue weighted by Gasteiger charge is 2.25. The molecule has 1 fully saturated rings. The lowest BCUT2D eigenvalue weighted by Gasteiger charge is -2.32. The minimum atomic E-state index is -0.270. The molecule has 1 atom stereocenters. The van der Waals surface area contributed by atoms with E-state index >= 15 is 0 Å². The third-order valence-electron chi connectivity index (χ3n) is 2.71. The summed E-state index contributed by atoms with van der Waals surface area (Å²) in [7, 11) is 0. The van der Waals surface area contributed by atoms with Crippen molar-refractivity contribution in [3.63, 3.8) is 0 Å². The SMILES string of the molecule is CCCCCC(=O)N1CCNCC1C#N. The van der Waals surface area contributed by atoms with Crippen LogP contribution in [0.1, 0.15) is 32.6 Å². The Hall–Kier alpha value is -1.08. The summed E-state index contributed by atoms with van der Waals surface area (Å²) < 4.78 is 0. The first-order chi connectivity index (χ1) is 7.29. The lowest BCUT2D eigenvalue weighted by atomic mass is 10.1. The van der Waals surface area contributed by atoms with Gasteiger partial charge < -0.3 is 10.2 Å². The van der Waals surface area contributed by atoms with E-state index in [1.54, 1.807) is 4.90 Å². The maximum Gasteiger partial charge on any atom is 0.223 e. The molecule has 0 aliphatic carbocycles. The van der Waals surface area contributed by atoms with Crippen molar-refractivity contribution in [1.82, 2.24) is 10.2 Å². The van der Waals surface area contributed by atoms with Crippen LogP contribution in [-0.2, 0) is 4.79 Å². The number of carbonyl (C=O) groups excluding carboxylic acids is 1. The summed E-state index contributed by atoms with van der Waals surface area (Å²) in [5, 5.41) is 12.0. The number of piperazine rings is 1. The van der Waals surface area contributed by atoms with Crippen molar-refractivity contribution in [2.75, 3.05) is 19.6 Å². The van der Waals surface area contributed by atoms with Crippen molar-refractivity contribution in [2.45, 2.75) is 38.6 Å².